The number of rotatable bonds is 1. The quantitative estimate of drug-likeness (QED) is 0.719. The van der Waals surface area contributed by atoms with Gasteiger partial charge in [-0.05, 0) is 30.3 Å². The number of benzene rings is 1. The maximum atomic E-state index is 14.0. The Kier molecular flexibility index (Phi) is 2.39. The zero-order valence-corrected chi connectivity index (χ0v) is 9.71. The normalized spacial score (nSPS) is 10.5. The number of nitrogens with zero attached hydrogens (tertiary/aromatic N) is 4. The van der Waals surface area contributed by atoms with E-state index in [-0.39, 0.29) is 17.2 Å². The number of aromatic nitrogens is 3. The first-order chi connectivity index (χ1) is 9.20. The average Bonchev–Trinajstić information content (AvgIpc) is 2.75. The van der Waals surface area contributed by atoms with Crippen molar-refractivity contribution in [3.8, 4) is 11.8 Å². The monoisotopic (exact) mass is 253 g/mol. The number of nitrogens with two attached hydrogens (primary N) is 1. The second-order valence-corrected chi connectivity index (χ2v) is 3.93. The number of halogens is 1. The van der Waals surface area contributed by atoms with Crippen molar-refractivity contribution in [2.75, 3.05) is 5.73 Å². The molecule has 0 aliphatic heterocycles. The maximum absolute atomic E-state index is 14.0. The second-order valence-electron chi connectivity index (χ2n) is 3.93. The fraction of sp³-hybridized carbons (Fsp3) is 0. The van der Waals surface area contributed by atoms with Gasteiger partial charge in [0.25, 0.3) is 0 Å². The highest BCUT2D eigenvalue weighted by atomic mass is 19.1. The van der Waals surface area contributed by atoms with Crippen LogP contribution in [-0.2, 0) is 0 Å². The summed E-state index contributed by atoms with van der Waals surface area (Å²) in [6.07, 6.45) is 1.58. The lowest BCUT2D eigenvalue weighted by Crippen LogP contribution is -2.04. The van der Waals surface area contributed by atoms with Gasteiger partial charge in [-0.3, -0.25) is 4.57 Å². The summed E-state index contributed by atoms with van der Waals surface area (Å²) >= 11 is 0. The molecule has 0 aliphatic rings. The third kappa shape index (κ3) is 1.68. The van der Waals surface area contributed by atoms with E-state index in [2.05, 4.69) is 9.97 Å². The summed E-state index contributed by atoms with van der Waals surface area (Å²) in [5, 5.41) is 8.74. The highest BCUT2D eigenvalue weighted by Crippen LogP contribution is 2.23. The fourth-order valence-electron chi connectivity index (χ4n) is 1.93. The summed E-state index contributed by atoms with van der Waals surface area (Å²) in [5.41, 5.74) is 7.33. The van der Waals surface area contributed by atoms with E-state index in [0.29, 0.717) is 11.2 Å². The van der Waals surface area contributed by atoms with Crippen LogP contribution in [0.1, 0.15) is 5.56 Å². The summed E-state index contributed by atoms with van der Waals surface area (Å²) in [6, 6.07) is 9.52. The number of nitriles is 1. The van der Waals surface area contributed by atoms with Crippen molar-refractivity contribution >= 4 is 17.1 Å². The van der Waals surface area contributed by atoms with Gasteiger partial charge in [0.1, 0.15) is 11.3 Å². The SMILES string of the molecule is N#Cc1ccc(-n2c(N)nc3cccnc32)c(F)c1. The van der Waals surface area contributed by atoms with Crippen LogP contribution in [0.15, 0.2) is 36.5 Å². The predicted molar refractivity (Wildman–Crippen MR) is 68.0 cm³/mol. The van der Waals surface area contributed by atoms with Crippen molar-refractivity contribution in [3.05, 3.63) is 47.9 Å². The molecule has 0 saturated heterocycles. The molecule has 0 spiro atoms. The third-order valence-electron chi connectivity index (χ3n) is 2.76. The summed E-state index contributed by atoms with van der Waals surface area (Å²) in [6.45, 7) is 0. The van der Waals surface area contributed by atoms with Gasteiger partial charge in [0.05, 0.1) is 17.3 Å². The third-order valence-corrected chi connectivity index (χ3v) is 2.76. The van der Waals surface area contributed by atoms with Crippen LogP contribution >= 0.6 is 0 Å². The number of hydrogen-bond acceptors (Lipinski definition) is 4. The van der Waals surface area contributed by atoms with E-state index < -0.39 is 5.82 Å². The van der Waals surface area contributed by atoms with Crippen LogP contribution in [0.5, 0.6) is 0 Å². The van der Waals surface area contributed by atoms with E-state index in [0.717, 1.165) is 6.07 Å². The lowest BCUT2D eigenvalue weighted by atomic mass is 10.2. The zero-order chi connectivity index (χ0) is 13.4. The molecule has 2 heterocycles. The molecule has 0 amide bonds. The Bertz CT molecular complexity index is 816. The van der Waals surface area contributed by atoms with Crippen molar-refractivity contribution in [3.63, 3.8) is 0 Å². The van der Waals surface area contributed by atoms with Gasteiger partial charge in [-0.25, -0.2) is 14.4 Å². The van der Waals surface area contributed by atoms with Gasteiger partial charge in [-0.15, -0.1) is 0 Å². The summed E-state index contributed by atoms with van der Waals surface area (Å²) in [7, 11) is 0. The standard InChI is InChI=1S/C13H8FN5/c14-9-6-8(7-15)3-4-11(9)19-12-10(18-13(19)16)2-1-5-17-12/h1-6H,(H2,16,18). The number of hydrogen-bond donors (Lipinski definition) is 1. The fourth-order valence-corrected chi connectivity index (χ4v) is 1.93. The van der Waals surface area contributed by atoms with Crippen molar-refractivity contribution < 1.29 is 4.39 Å². The minimum Gasteiger partial charge on any atom is -0.369 e. The first-order valence-corrected chi connectivity index (χ1v) is 5.49. The Balaban J connectivity index is 2.31. The largest absolute Gasteiger partial charge is 0.369 e. The first-order valence-electron chi connectivity index (χ1n) is 5.49. The highest BCUT2D eigenvalue weighted by Gasteiger charge is 2.14. The lowest BCUT2D eigenvalue weighted by molar-refractivity contribution is 0.619. The number of fused-ring (bicyclic) bond motifs is 1. The number of imidazole rings is 1. The van der Waals surface area contributed by atoms with E-state index in [1.807, 2.05) is 6.07 Å². The van der Waals surface area contributed by atoms with Gasteiger partial charge in [0.2, 0.25) is 5.95 Å². The Labute approximate surface area is 107 Å². The molecule has 0 atom stereocenters. The number of anilines is 1. The Morgan fingerprint density at radius 1 is 1.32 bits per heavy atom. The Morgan fingerprint density at radius 2 is 2.16 bits per heavy atom. The van der Waals surface area contributed by atoms with Gasteiger partial charge in [0, 0.05) is 6.20 Å². The number of pyridine rings is 1. The molecule has 3 rings (SSSR count). The molecule has 2 N–H and O–H groups in total. The second kappa shape index (κ2) is 4.07. The van der Waals surface area contributed by atoms with Gasteiger partial charge >= 0.3 is 0 Å². The van der Waals surface area contributed by atoms with Gasteiger partial charge < -0.3 is 5.73 Å². The van der Waals surface area contributed by atoms with Crippen molar-refractivity contribution in [2.45, 2.75) is 0 Å². The molecule has 0 fully saturated rings. The van der Waals surface area contributed by atoms with Gasteiger partial charge in [-0.1, -0.05) is 0 Å². The molecule has 92 valence electrons. The van der Waals surface area contributed by atoms with Crippen LogP contribution in [0.3, 0.4) is 0 Å². The topological polar surface area (TPSA) is 80.5 Å². The Morgan fingerprint density at radius 3 is 2.89 bits per heavy atom. The molecular weight excluding hydrogens is 245 g/mol. The van der Waals surface area contributed by atoms with Crippen LogP contribution in [0.25, 0.3) is 16.9 Å². The lowest BCUT2D eigenvalue weighted by Gasteiger charge is -2.07. The van der Waals surface area contributed by atoms with Crippen molar-refractivity contribution in [1.29, 1.82) is 5.26 Å². The zero-order valence-electron chi connectivity index (χ0n) is 9.71. The summed E-state index contributed by atoms with van der Waals surface area (Å²) in [5.74, 6) is -0.395. The minimum absolute atomic E-state index is 0.150. The molecule has 2 aromatic heterocycles. The molecule has 0 unspecified atom stereocenters. The van der Waals surface area contributed by atoms with Crippen molar-refractivity contribution in [1.82, 2.24) is 14.5 Å². The van der Waals surface area contributed by atoms with E-state index in [4.69, 9.17) is 11.0 Å². The molecular formula is C13H8FN5. The van der Waals surface area contributed by atoms with Crippen LogP contribution in [0, 0.1) is 17.1 Å². The minimum atomic E-state index is -0.546. The molecule has 0 saturated carbocycles. The smallest absolute Gasteiger partial charge is 0.207 e. The predicted octanol–water partition coefficient (Wildman–Crippen LogP) is 2.01. The van der Waals surface area contributed by atoms with Gasteiger partial charge in [-0.2, -0.15) is 5.26 Å². The van der Waals surface area contributed by atoms with Crippen LogP contribution in [0.4, 0.5) is 10.3 Å². The van der Waals surface area contributed by atoms with Crippen LogP contribution in [-0.4, -0.2) is 14.5 Å². The van der Waals surface area contributed by atoms with Crippen molar-refractivity contribution in [2.24, 2.45) is 0 Å². The van der Waals surface area contributed by atoms with E-state index in [1.165, 1.54) is 16.7 Å². The van der Waals surface area contributed by atoms with Crippen LogP contribution < -0.4 is 5.73 Å². The Hall–Kier alpha value is -2.94. The highest BCUT2D eigenvalue weighted by molar-refractivity contribution is 5.76. The number of nitrogen functional groups attached to an aromatic ring is 1. The summed E-state index contributed by atoms with van der Waals surface area (Å²) < 4.78 is 15.4. The molecule has 3 aromatic rings. The molecule has 5 nitrogen and oxygen atoms in total. The molecule has 0 aliphatic carbocycles. The van der Waals surface area contributed by atoms with Gasteiger partial charge in [0.15, 0.2) is 5.65 Å². The molecule has 6 heteroatoms. The van der Waals surface area contributed by atoms with E-state index in [9.17, 15) is 4.39 Å². The first kappa shape index (κ1) is 11.2. The molecule has 0 radical (unpaired) electrons. The van der Waals surface area contributed by atoms with Crippen LogP contribution in [0.2, 0.25) is 0 Å². The average molecular weight is 253 g/mol. The van der Waals surface area contributed by atoms with E-state index in [1.54, 1.807) is 18.3 Å². The molecule has 0 bridgehead atoms. The molecule has 1 aromatic carbocycles. The van der Waals surface area contributed by atoms with E-state index >= 15 is 0 Å². The summed E-state index contributed by atoms with van der Waals surface area (Å²) in [4.78, 5) is 8.27. The maximum Gasteiger partial charge on any atom is 0.207 e. The molecule has 19 heavy (non-hydrogen) atoms.